The first kappa shape index (κ1) is 10.2. The first-order chi connectivity index (χ1) is 7.36. The first-order valence-corrected chi connectivity index (χ1v) is 5.63. The minimum Gasteiger partial charge on any atom is -0.261 e. The summed E-state index contributed by atoms with van der Waals surface area (Å²) in [4.78, 5) is 4.39. The van der Waals surface area contributed by atoms with Crippen LogP contribution in [-0.4, -0.2) is 4.98 Å². The van der Waals surface area contributed by atoms with Gasteiger partial charge in [-0.15, -0.1) is 0 Å². The van der Waals surface area contributed by atoms with E-state index in [0.29, 0.717) is 5.92 Å². The molecule has 0 N–H and O–H groups in total. The lowest BCUT2D eigenvalue weighted by Crippen LogP contribution is -1.98. The fourth-order valence-corrected chi connectivity index (χ4v) is 1.94. The monoisotopic (exact) mass is 199 g/mol. The van der Waals surface area contributed by atoms with Crippen LogP contribution in [0.1, 0.15) is 37.8 Å². The second-order valence-corrected chi connectivity index (χ2v) is 4.12. The van der Waals surface area contributed by atoms with Gasteiger partial charge in [0.25, 0.3) is 0 Å². The van der Waals surface area contributed by atoms with Crippen molar-refractivity contribution in [2.24, 2.45) is 0 Å². The Bertz CT molecular complexity index is 362. The summed E-state index contributed by atoms with van der Waals surface area (Å²) in [6.45, 7) is 2.24. The topological polar surface area (TPSA) is 12.9 Å². The lowest BCUT2D eigenvalue weighted by molar-refractivity contribution is 0.727. The summed E-state index contributed by atoms with van der Waals surface area (Å²) in [5.74, 6) is 0.514. The van der Waals surface area contributed by atoms with E-state index in [2.05, 4.69) is 42.3 Å². The molecule has 1 aliphatic rings. The summed E-state index contributed by atoms with van der Waals surface area (Å²) in [7, 11) is 0. The van der Waals surface area contributed by atoms with Crippen LogP contribution in [0.15, 0.2) is 48.2 Å². The molecule has 1 aliphatic carbocycles. The molecule has 0 saturated carbocycles. The van der Waals surface area contributed by atoms with E-state index in [0.717, 1.165) is 6.42 Å². The van der Waals surface area contributed by atoms with Crippen molar-refractivity contribution in [3.05, 3.63) is 53.9 Å². The van der Waals surface area contributed by atoms with Crippen molar-refractivity contribution >= 4 is 0 Å². The van der Waals surface area contributed by atoms with Crippen LogP contribution in [0.5, 0.6) is 0 Å². The first-order valence-electron chi connectivity index (χ1n) is 5.63. The summed E-state index contributed by atoms with van der Waals surface area (Å²) in [6, 6.07) is 6.14. The van der Waals surface area contributed by atoms with E-state index in [-0.39, 0.29) is 0 Å². The molecule has 1 heterocycles. The van der Waals surface area contributed by atoms with Gasteiger partial charge in [0.05, 0.1) is 0 Å². The van der Waals surface area contributed by atoms with Gasteiger partial charge in [-0.2, -0.15) is 0 Å². The standard InChI is InChI=1S/C14H17N/c1-12(14-9-5-6-10-15-14)11-13-7-3-2-4-8-13/h3,5-10,12H,2,4,11H2,1H3. The van der Waals surface area contributed by atoms with Crippen molar-refractivity contribution in [2.45, 2.75) is 32.1 Å². The Kier molecular flexibility index (Phi) is 3.33. The summed E-state index contributed by atoms with van der Waals surface area (Å²) >= 11 is 0. The van der Waals surface area contributed by atoms with Gasteiger partial charge in [-0.05, 0) is 31.4 Å². The number of allylic oxidation sites excluding steroid dienone is 4. The summed E-state index contributed by atoms with van der Waals surface area (Å²) < 4.78 is 0. The SMILES string of the molecule is CC(CC1=CCCC=C1)c1ccccn1. The van der Waals surface area contributed by atoms with Gasteiger partial charge in [-0.25, -0.2) is 0 Å². The third-order valence-corrected chi connectivity index (χ3v) is 2.81. The number of aromatic nitrogens is 1. The molecule has 0 bridgehead atoms. The minimum atomic E-state index is 0.514. The quantitative estimate of drug-likeness (QED) is 0.720. The summed E-state index contributed by atoms with van der Waals surface area (Å²) in [5, 5.41) is 0. The van der Waals surface area contributed by atoms with E-state index >= 15 is 0 Å². The predicted molar refractivity (Wildman–Crippen MR) is 63.7 cm³/mol. The van der Waals surface area contributed by atoms with Gasteiger partial charge in [0.2, 0.25) is 0 Å². The average molecular weight is 199 g/mol. The largest absolute Gasteiger partial charge is 0.261 e. The van der Waals surface area contributed by atoms with E-state index in [9.17, 15) is 0 Å². The Hall–Kier alpha value is -1.37. The zero-order valence-corrected chi connectivity index (χ0v) is 9.19. The van der Waals surface area contributed by atoms with Gasteiger partial charge >= 0.3 is 0 Å². The highest BCUT2D eigenvalue weighted by Crippen LogP contribution is 2.24. The van der Waals surface area contributed by atoms with Crippen LogP contribution in [0.4, 0.5) is 0 Å². The van der Waals surface area contributed by atoms with Crippen molar-refractivity contribution < 1.29 is 0 Å². The molecule has 15 heavy (non-hydrogen) atoms. The molecule has 0 spiro atoms. The highest BCUT2D eigenvalue weighted by molar-refractivity contribution is 5.25. The number of pyridine rings is 1. The highest BCUT2D eigenvalue weighted by Gasteiger charge is 2.08. The number of hydrogen-bond donors (Lipinski definition) is 0. The third kappa shape index (κ3) is 2.79. The van der Waals surface area contributed by atoms with Crippen LogP contribution in [0.25, 0.3) is 0 Å². The second kappa shape index (κ2) is 4.92. The molecule has 0 saturated heterocycles. The molecule has 0 aliphatic heterocycles. The Morgan fingerprint density at radius 1 is 1.33 bits per heavy atom. The molecule has 1 atom stereocenters. The maximum atomic E-state index is 4.39. The van der Waals surface area contributed by atoms with E-state index in [1.54, 1.807) is 0 Å². The summed E-state index contributed by atoms with van der Waals surface area (Å²) in [6.07, 6.45) is 12.2. The number of nitrogens with zero attached hydrogens (tertiary/aromatic N) is 1. The average Bonchev–Trinajstić information content (AvgIpc) is 2.31. The van der Waals surface area contributed by atoms with E-state index in [1.807, 2.05) is 12.3 Å². The smallest absolute Gasteiger partial charge is 0.0435 e. The number of hydrogen-bond acceptors (Lipinski definition) is 1. The fraction of sp³-hybridized carbons (Fsp3) is 0.357. The molecular formula is C14H17N. The van der Waals surface area contributed by atoms with Crippen LogP contribution < -0.4 is 0 Å². The van der Waals surface area contributed by atoms with Crippen molar-refractivity contribution in [1.82, 2.24) is 4.98 Å². The molecule has 1 heteroatoms. The van der Waals surface area contributed by atoms with Gasteiger partial charge in [0.15, 0.2) is 0 Å². The zero-order valence-electron chi connectivity index (χ0n) is 9.19. The molecule has 0 aromatic carbocycles. The fourth-order valence-electron chi connectivity index (χ4n) is 1.94. The predicted octanol–water partition coefficient (Wildman–Crippen LogP) is 3.85. The third-order valence-electron chi connectivity index (χ3n) is 2.81. The molecule has 2 rings (SSSR count). The zero-order chi connectivity index (χ0) is 10.5. The number of rotatable bonds is 3. The van der Waals surface area contributed by atoms with Crippen LogP contribution in [0, 0.1) is 0 Å². The van der Waals surface area contributed by atoms with Crippen LogP contribution in [0.2, 0.25) is 0 Å². The molecule has 1 aromatic heterocycles. The molecule has 0 fully saturated rings. The maximum Gasteiger partial charge on any atom is 0.0435 e. The van der Waals surface area contributed by atoms with Crippen LogP contribution in [-0.2, 0) is 0 Å². The molecule has 0 amide bonds. The van der Waals surface area contributed by atoms with Crippen molar-refractivity contribution in [3.8, 4) is 0 Å². The Morgan fingerprint density at radius 2 is 2.27 bits per heavy atom. The Balaban J connectivity index is 2.01. The van der Waals surface area contributed by atoms with E-state index in [1.165, 1.54) is 24.1 Å². The minimum absolute atomic E-state index is 0.514. The molecule has 1 nitrogen and oxygen atoms in total. The normalized spacial score (nSPS) is 17.3. The molecule has 1 aromatic rings. The lowest BCUT2D eigenvalue weighted by Gasteiger charge is -2.13. The molecular weight excluding hydrogens is 182 g/mol. The van der Waals surface area contributed by atoms with Crippen LogP contribution >= 0.6 is 0 Å². The maximum absolute atomic E-state index is 4.39. The molecule has 78 valence electrons. The van der Waals surface area contributed by atoms with Crippen LogP contribution in [0.3, 0.4) is 0 Å². The molecule has 0 radical (unpaired) electrons. The van der Waals surface area contributed by atoms with E-state index in [4.69, 9.17) is 0 Å². The van der Waals surface area contributed by atoms with Crippen molar-refractivity contribution in [2.75, 3.05) is 0 Å². The van der Waals surface area contributed by atoms with Crippen molar-refractivity contribution in [3.63, 3.8) is 0 Å². The highest BCUT2D eigenvalue weighted by atomic mass is 14.7. The van der Waals surface area contributed by atoms with Gasteiger partial charge in [-0.1, -0.05) is 36.8 Å². The lowest BCUT2D eigenvalue weighted by atomic mass is 9.94. The van der Waals surface area contributed by atoms with E-state index < -0.39 is 0 Å². The Labute approximate surface area is 91.6 Å². The van der Waals surface area contributed by atoms with Gasteiger partial charge in [0.1, 0.15) is 0 Å². The molecule has 1 unspecified atom stereocenters. The Morgan fingerprint density at radius 3 is 2.93 bits per heavy atom. The van der Waals surface area contributed by atoms with Gasteiger partial charge in [0, 0.05) is 17.8 Å². The second-order valence-electron chi connectivity index (χ2n) is 4.12. The van der Waals surface area contributed by atoms with Gasteiger partial charge in [-0.3, -0.25) is 4.98 Å². The van der Waals surface area contributed by atoms with Crippen molar-refractivity contribution in [1.29, 1.82) is 0 Å². The summed E-state index contributed by atoms with van der Waals surface area (Å²) in [5.41, 5.74) is 2.65. The van der Waals surface area contributed by atoms with Gasteiger partial charge < -0.3 is 0 Å².